The van der Waals surface area contributed by atoms with E-state index in [-0.39, 0.29) is 18.1 Å². The van der Waals surface area contributed by atoms with Crippen LogP contribution < -0.4 is 0 Å². The molecule has 0 unspecified atom stereocenters. The van der Waals surface area contributed by atoms with Crippen LogP contribution in [0, 0.1) is 35.5 Å². The fraction of sp³-hybridized carbons (Fsp3) is 0.857. The van der Waals surface area contributed by atoms with Crippen LogP contribution in [-0.2, 0) is 14.3 Å². The molecular weight excluding hydrogens is 432 g/mol. The van der Waals surface area contributed by atoms with Crippen molar-refractivity contribution in [3.63, 3.8) is 0 Å². The van der Waals surface area contributed by atoms with E-state index in [1.165, 1.54) is 5.57 Å². The van der Waals surface area contributed by atoms with Crippen LogP contribution in [0.3, 0.4) is 0 Å². The van der Waals surface area contributed by atoms with Crippen LogP contribution >= 0.6 is 0 Å². The van der Waals surface area contributed by atoms with Crippen LogP contribution in [0.4, 0.5) is 0 Å². The van der Waals surface area contributed by atoms with Gasteiger partial charge in [0.05, 0.1) is 18.3 Å². The maximum atomic E-state index is 12.7. The molecule has 0 spiro atoms. The van der Waals surface area contributed by atoms with Crippen LogP contribution in [0.15, 0.2) is 11.6 Å². The molecule has 1 rings (SSSR count). The SMILES string of the molecule is CC[C@H](O)[C@@H](C)[C@@H](O)[C@H](C)[C@@H](O)[C@@H](C)[C@@H]1C/C=C(\C)C[C@H](C)C[C@H](C)C[C@@H](C)C(=O)CC(=O)O1. The average molecular weight is 483 g/mol. The lowest BCUT2D eigenvalue weighted by Crippen LogP contribution is -2.44. The highest BCUT2D eigenvalue weighted by molar-refractivity contribution is 5.96. The van der Waals surface area contributed by atoms with Gasteiger partial charge in [-0.05, 0) is 44.4 Å². The first-order valence-corrected chi connectivity index (χ1v) is 13.2. The molecule has 0 aliphatic carbocycles. The van der Waals surface area contributed by atoms with Gasteiger partial charge in [-0.3, -0.25) is 9.59 Å². The maximum Gasteiger partial charge on any atom is 0.313 e. The third-order valence-electron chi connectivity index (χ3n) is 7.85. The Morgan fingerprint density at radius 2 is 1.59 bits per heavy atom. The molecule has 0 fully saturated rings. The highest BCUT2D eigenvalue weighted by Crippen LogP contribution is 2.30. The highest BCUT2D eigenvalue weighted by atomic mass is 16.5. The van der Waals surface area contributed by atoms with E-state index in [4.69, 9.17) is 4.74 Å². The fourth-order valence-electron chi connectivity index (χ4n) is 5.43. The minimum absolute atomic E-state index is 0.105. The zero-order valence-corrected chi connectivity index (χ0v) is 22.7. The van der Waals surface area contributed by atoms with Crippen molar-refractivity contribution in [3.05, 3.63) is 11.6 Å². The van der Waals surface area contributed by atoms with Gasteiger partial charge in [0, 0.05) is 30.1 Å². The third-order valence-corrected chi connectivity index (χ3v) is 7.85. The number of carbonyl (C=O) groups excluding carboxylic acids is 2. The van der Waals surface area contributed by atoms with Crippen molar-refractivity contribution in [2.75, 3.05) is 0 Å². The molecule has 0 aromatic rings. The van der Waals surface area contributed by atoms with E-state index in [1.807, 2.05) is 20.8 Å². The average Bonchev–Trinajstić information content (AvgIpc) is 2.77. The van der Waals surface area contributed by atoms with E-state index in [2.05, 4.69) is 26.8 Å². The van der Waals surface area contributed by atoms with E-state index in [1.54, 1.807) is 13.8 Å². The molecule has 0 saturated heterocycles. The normalized spacial score (nSPS) is 32.9. The van der Waals surface area contributed by atoms with E-state index in [0.29, 0.717) is 24.7 Å². The van der Waals surface area contributed by atoms with Crippen LogP contribution in [0.25, 0.3) is 0 Å². The van der Waals surface area contributed by atoms with Crippen molar-refractivity contribution >= 4 is 11.8 Å². The van der Waals surface area contributed by atoms with E-state index >= 15 is 0 Å². The standard InChI is InChI=1S/C28H50O6/c1-9-23(29)20(6)27(32)22(8)28(33)21(7)25-11-10-16(2)12-17(3)13-18(4)14-19(5)24(30)15-26(31)34-25/h10,17-23,25,27-29,32-33H,9,11-15H2,1-8H3/b16-10+/t17-,18-,19+,20+,21-,22-,23-,25-,27+,28-/m0/s1. The zero-order chi connectivity index (χ0) is 26.2. The number of hydrogen-bond donors (Lipinski definition) is 3. The molecule has 1 aliphatic rings. The first-order valence-electron chi connectivity index (χ1n) is 13.2. The highest BCUT2D eigenvalue weighted by Gasteiger charge is 2.37. The number of cyclic esters (lactones) is 1. The Bertz CT molecular complexity index is 674. The second-order valence-electron chi connectivity index (χ2n) is 11.3. The van der Waals surface area contributed by atoms with Crippen molar-refractivity contribution < 1.29 is 29.6 Å². The quantitative estimate of drug-likeness (QED) is 0.276. The summed E-state index contributed by atoms with van der Waals surface area (Å²) in [6.45, 7) is 15.5. The Labute approximate surface area is 207 Å². The van der Waals surface area contributed by atoms with Gasteiger partial charge in [0.2, 0.25) is 0 Å². The summed E-state index contributed by atoms with van der Waals surface area (Å²) in [5.74, 6) is -1.34. The Hall–Kier alpha value is -1.24. The van der Waals surface area contributed by atoms with Crippen LogP contribution in [-0.4, -0.2) is 51.5 Å². The predicted octanol–water partition coefficient (Wildman–Crippen LogP) is 4.69. The summed E-state index contributed by atoms with van der Waals surface area (Å²) in [7, 11) is 0. The summed E-state index contributed by atoms with van der Waals surface area (Å²) >= 11 is 0. The second-order valence-corrected chi connectivity index (χ2v) is 11.3. The van der Waals surface area contributed by atoms with E-state index in [9.17, 15) is 24.9 Å². The number of ketones is 1. The lowest BCUT2D eigenvalue weighted by molar-refractivity contribution is -0.157. The molecule has 3 N–H and O–H groups in total. The van der Waals surface area contributed by atoms with Crippen LogP contribution in [0.2, 0.25) is 0 Å². The molecule has 6 nitrogen and oxygen atoms in total. The Balaban J connectivity index is 3.09. The molecule has 0 aromatic carbocycles. The Kier molecular flexibility index (Phi) is 13.0. The topological polar surface area (TPSA) is 104 Å². The van der Waals surface area contributed by atoms with Gasteiger partial charge in [-0.1, -0.05) is 60.1 Å². The zero-order valence-electron chi connectivity index (χ0n) is 22.7. The van der Waals surface area contributed by atoms with Gasteiger partial charge in [0.15, 0.2) is 0 Å². The van der Waals surface area contributed by atoms with Crippen LogP contribution in [0.1, 0.15) is 93.9 Å². The predicted molar refractivity (Wildman–Crippen MR) is 135 cm³/mol. The molecule has 1 aliphatic heterocycles. The lowest BCUT2D eigenvalue weighted by Gasteiger charge is -2.35. The monoisotopic (exact) mass is 482 g/mol. The molecule has 0 bridgehead atoms. The summed E-state index contributed by atoms with van der Waals surface area (Å²) in [5, 5.41) is 31.9. The summed E-state index contributed by atoms with van der Waals surface area (Å²) < 4.78 is 5.76. The van der Waals surface area contributed by atoms with Crippen molar-refractivity contribution in [3.8, 4) is 0 Å². The van der Waals surface area contributed by atoms with Crippen molar-refractivity contribution in [2.24, 2.45) is 35.5 Å². The van der Waals surface area contributed by atoms with Gasteiger partial charge in [-0.2, -0.15) is 0 Å². The Morgan fingerprint density at radius 1 is 0.971 bits per heavy atom. The number of rotatable bonds is 7. The van der Waals surface area contributed by atoms with Crippen LogP contribution in [0.5, 0.6) is 0 Å². The maximum absolute atomic E-state index is 12.7. The number of aliphatic hydroxyl groups excluding tert-OH is 3. The number of esters is 1. The summed E-state index contributed by atoms with van der Waals surface area (Å²) in [5.41, 5.74) is 1.22. The molecule has 198 valence electrons. The molecule has 0 saturated carbocycles. The molecule has 1 heterocycles. The van der Waals surface area contributed by atoms with Crippen molar-refractivity contribution in [2.45, 2.75) is 118 Å². The van der Waals surface area contributed by atoms with Gasteiger partial charge >= 0.3 is 5.97 Å². The number of aliphatic hydroxyl groups is 3. The second kappa shape index (κ2) is 14.4. The Morgan fingerprint density at radius 3 is 2.18 bits per heavy atom. The number of allylic oxidation sites excluding steroid dienone is 1. The van der Waals surface area contributed by atoms with Gasteiger partial charge in [-0.25, -0.2) is 0 Å². The number of Topliss-reactive ketones (excluding diaryl/α,β-unsaturated/α-hetero) is 1. The van der Waals surface area contributed by atoms with Gasteiger partial charge in [0.1, 0.15) is 18.3 Å². The number of ether oxygens (including phenoxy) is 1. The molecule has 0 amide bonds. The minimum Gasteiger partial charge on any atom is -0.461 e. The van der Waals surface area contributed by atoms with Gasteiger partial charge in [-0.15, -0.1) is 0 Å². The van der Waals surface area contributed by atoms with Crippen molar-refractivity contribution in [1.82, 2.24) is 0 Å². The first kappa shape index (κ1) is 30.8. The number of hydrogen-bond acceptors (Lipinski definition) is 6. The molecule has 34 heavy (non-hydrogen) atoms. The smallest absolute Gasteiger partial charge is 0.313 e. The van der Waals surface area contributed by atoms with Gasteiger partial charge in [0.25, 0.3) is 0 Å². The largest absolute Gasteiger partial charge is 0.461 e. The molecule has 10 atom stereocenters. The van der Waals surface area contributed by atoms with Gasteiger partial charge < -0.3 is 20.1 Å². The molecular formula is C28H50O6. The summed E-state index contributed by atoms with van der Waals surface area (Å²) in [6, 6.07) is 0. The van der Waals surface area contributed by atoms with E-state index in [0.717, 1.165) is 19.3 Å². The summed E-state index contributed by atoms with van der Waals surface area (Å²) in [6.07, 6.45) is 2.39. The summed E-state index contributed by atoms with van der Waals surface area (Å²) in [4.78, 5) is 25.3. The fourth-order valence-corrected chi connectivity index (χ4v) is 5.43. The van der Waals surface area contributed by atoms with Crippen molar-refractivity contribution in [1.29, 1.82) is 0 Å². The molecule has 6 heteroatoms. The third kappa shape index (κ3) is 9.43. The van der Waals surface area contributed by atoms with E-state index < -0.39 is 48.1 Å². The first-order chi connectivity index (χ1) is 15.8. The molecule has 0 aromatic heterocycles. The lowest BCUT2D eigenvalue weighted by atomic mass is 9.79. The molecule has 0 radical (unpaired) electrons. The minimum atomic E-state index is -0.943. The number of carbonyl (C=O) groups is 2.